The molecule has 1 saturated heterocycles. The normalized spacial score (nSPS) is 21.6. The van der Waals surface area contributed by atoms with Crippen LogP contribution in [-0.2, 0) is 22.6 Å². The minimum Gasteiger partial charge on any atom is -0.507 e. The Morgan fingerprint density at radius 2 is 1.88 bits per heavy atom. The number of amides is 1. The van der Waals surface area contributed by atoms with Gasteiger partial charge in [0.05, 0.1) is 5.57 Å². The highest BCUT2D eigenvalue weighted by Crippen LogP contribution is 2.41. The fourth-order valence-electron chi connectivity index (χ4n) is 4.44. The molecule has 0 bridgehead atoms. The highest BCUT2D eigenvalue weighted by Gasteiger charge is 2.47. The van der Waals surface area contributed by atoms with Crippen molar-refractivity contribution in [1.29, 1.82) is 0 Å². The van der Waals surface area contributed by atoms with Gasteiger partial charge in [0.25, 0.3) is 11.7 Å². The summed E-state index contributed by atoms with van der Waals surface area (Å²) in [6, 6.07) is 17.5. The Bertz CT molecular complexity index is 1240. The van der Waals surface area contributed by atoms with Crippen LogP contribution in [0.3, 0.4) is 0 Å². The first-order valence-electron chi connectivity index (χ1n) is 10.6. The predicted molar refractivity (Wildman–Crippen MR) is 118 cm³/mol. The van der Waals surface area contributed by atoms with E-state index >= 15 is 0 Å². The van der Waals surface area contributed by atoms with Crippen molar-refractivity contribution in [2.24, 2.45) is 0 Å². The molecule has 2 aliphatic rings. The Hall–Kier alpha value is -3.80. The van der Waals surface area contributed by atoms with Gasteiger partial charge in [-0.1, -0.05) is 30.3 Å². The summed E-state index contributed by atoms with van der Waals surface area (Å²) in [6.07, 6.45) is 0.782. The van der Waals surface area contributed by atoms with Crippen molar-refractivity contribution in [1.82, 2.24) is 4.90 Å². The van der Waals surface area contributed by atoms with E-state index in [1.54, 1.807) is 31.2 Å². The van der Waals surface area contributed by atoms with Crippen molar-refractivity contribution in [3.63, 3.8) is 0 Å². The molecule has 2 aliphatic heterocycles. The summed E-state index contributed by atoms with van der Waals surface area (Å²) in [4.78, 5) is 27.6. The lowest BCUT2D eigenvalue weighted by Gasteiger charge is -2.23. The van der Waals surface area contributed by atoms with E-state index in [9.17, 15) is 14.7 Å². The largest absolute Gasteiger partial charge is 0.507 e. The van der Waals surface area contributed by atoms with Crippen LogP contribution in [-0.4, -0.2) is 27.8 Å². The topological polar surface area (TPSA) is 80.0 Å². The molecule has 5 rings (SSSR count). The molecule has 1 amide bonds. The van der Waals surface area contributed by atoms with Gasteiger partial charge in [-0.25, -0.2) is 0 Å². The number of likely N-dealkylation sites (tertiary alicyclic amines) is 1. The number of Topliss-reactive ketones (excluding diaryl/α,β-unsaturated/α-hetero) is 1. The first-order valence-corrected chi connectivity index (χ1v) is 10.6. The zero-order valence-corrected chi connectivity index (χ0v) is 17.9. The number of benzene rings is 2. The van der Waals surface area contributed by atoms with Crippen LogP contribution in [0.5, 0.6) is 5.75 Å². The highest BCUT2D eigenvalue weighted by atomic mass is 16.5. The summed E-state index contributed by atoms with van der Waals surface area (Å²) in [5.74, 6) is 0.290. The number of carbonyl (C=O) groups excluding carboxylic acids is 2. The second kappa shape index (κ2) is 7.71. The van der Waals surface area contributed by atoms with Gasteiger partial charge in [0.1, 0.15) is 35.2 Å². The molecular weight excluding hydrogens is 406 g/mol. The van der Waals surface area contributed by atoms with Gasteiger partial charge < -0.3 is 19.2 Å². The van der Waals surface area contributed by atoms with Crippen LogP contribution in [0.2, 0.25) is 0 Å². The molecule has 162 valence electrons. The summed E-state index contributed by atoms with van der Waals surface area (Å²) in [7, 11) is 0. The molecule has 2 atom stereocenters. The number of nitrogens with zero attached hydrogens (tertiary/aromatic N) is 1. The maximum absolute atomic E-state index is 13.1. The standard InChI is InChI=1S/C26H23NO5/c1-15-8-10-21(31-15)23-22(24(28)18-9-11-20-19(13-18)12-16(2)32-20)25(29)26(30)27(23)14-17-6-4-3-5-7-17/h3-11,13,16,23,28H,12,14H2,1-2H3/b24-22-. The molecule has 1 fully saturated rings. The number of carbonyl (C=O) groups is 2. The number of aryl methyl sites for hydroxylation is 1. The van der Waals surface area contributed by atoms with Crippen molar-refractivity contribution < 1.29 is 23.8 Å². The number of furan rings is 1. The number of rotatable bonds is 4. The summed E-state index contributed by atoms with van der Waals surface area (Å²) in [5, 5.41) is 11.2. The molecular formula is C26H23NO5. The first kappa shape index (κ1) is 20.1. The molecule has 6 nitrogen and oxygen atoms in total. The van der Waals surface area contributed by atoms with E-state index < -0.39 is 17.7 Å². The minimum absolute atomic E-state index is 0.0344. The van der Waals surface area contributed by atoms with Crippen molar-refractivity contribution >= 4 is 17.4 Å². The molecule has 1 N–H and O–H groups in total. The van der Waals surface area contributed by atoms with E-state index in [0.29, 0.717) is 17.1 Å². The molecule has 1 aromatic heterocycles. The number of fused-ring (bicyclic) bond motifs is 1. The van der Waals surface area contributed by atoms with E-state index in [-0.39, 0.29) is 24.0 Å². The molecule has 32 heavy (non-hydrogen) atoms. The van der Waals surface area contributed by atoms with E-state index in [4.69, 9.17) is 9.15 Å². The smallest absolute Gasteiger partial charge is 0.296 e. The number of ether oxygens (including phenoxy) is 1. The predicted octanol–water partition coefficient (Wildman–Crippen LogP) is 4.53. The fraction of sp³-hybridized carbons (Fsp3) is 0.231. The van der Waals surface area contributed by atoms with Gasteiger partial charge in [-0.2, -0.15) is 0 Å². The second-order valence-electron chi connectivity index (χ2n) is 8.32. The van der Waals surface area contributed by atoms with E-state index in [0.717, 1.165) is 23.3 Å². The van der Waals surface area contributed by atoms with Gasteiger partial charge in [0.2, 0.25) is 0 Å². The van der Waals surface area contributed by atoms with Crippen LogP contribution in [0.25, 0.3) is 5.76 Å². The number of aliphatic hydroxyl groups excluding tert-OH is 1. The van der Waals surface area contributed by atoms with Crippen LogP contribution < -0.4 is 4.74 Å². The van der Waals surface area contributed by atoms with Crippen LogP contribution in [0.1, 0.15) is 41.2 Å². The van der Waals surface area contributed by atoms with Crippen LogP contribution in [0.4, 0.5) is 0 Å². The molecule has 3 heterocycles. The number of aliphatic hydroxyl groups is 1. The van der Waals surface area contributed by atoms with Gasteiger partial charge in [-0.15, -0.1) is 0 Å². The second-order valence-corrected chi connectivity index (χ2v) is 8.32. The number of hydrogen-bond acceptors (Lipinski definition) is 5. The monoisotopic (exact) mass is 429 g/mol. The molecule has 0 radical (unpaired) electrons. The zero-order valence-electron chi connectivity index (χ0n) is 17.9. The van der Waals surface area contributed by atoms with Crippen molar-refractivity contribution in [2.45, 2.75) is 39.0 Å². The SMILES string of the molecule is Cc1ccc(C2/C(=C(/O)c3ccc4c(c3)CC(C)O4)C(=O)C(=O)N2Cc2ccccc2)o1. The van der Waals surface area contributed by atoms with Crippen LogP contribution in [0, 0.1) is 6.92 Å². The highest BCUT2D eigenvalue weighted by molar-refractivity contribution is 6.46. The third kappa shape index (κ3) is 3.38. The lowest BCUT2D eigenvalue weighted by atomic mass is 9.97. The molecule has 2 aromatic carbocycles. The molecule has 3 aromatic rings. The maximum atomic E-state index is 13.1. The van der Waals surface area contributed by atoms with Gasteiger partial charge in [0, 0.05) is 18.5 Å². The van der Waals surface area contributed by atoms with Gasteiger partial charge in [0.15, 0.2) is 0 Å². The van der Waals surface area contributed by atoms with Crippen LogP contribution >= 0.6 is 0 Å². The van der Waals surface area contributed by atoms with Crippen molar-refractivity contribution in [2.75, 3.05) is 0 Å². The first-order chi connectivity index (χ1) is 15.4. The summed E-state index contributed by atoms with van der Waals surface area (Å²) < 4.78 is 11.6. The quantitative estimate of drug-likeness (QED) is 0.374. The van der Waals surface area contributed by atoms with Gasteiger partial charge >= 0.3 is 0 Å². The third-order valence-corrected chi connectivity index (χ3v) is 5.94. The Labute approximate surface area is 185 Å². The fourth-order valence-corrected chi connectivity index (χ4v) is 4.44. The number of hydrogen-bond donors (Lipinski definition) is 1. The summed E-state index contributed by atoms with van der Waals surface area (Å²) in [5.41, 5.74) is 2.36. The van der Waals surface area contributed by atoms with Gasteiger partial charge in [-0.05, 0) is 55.3 Å². The Kier molecular flexibility index (Phi) is 4.85. The summed E-state index contributed by atoms with van der Waals surface area (Å²) >= 11 is 0. The lowest BCUT2D eigenvalue weighted by Crippen LogP contribution is -2.29. The lowest BCUT2D eigenvalue weighted by molar-refractivity contribution is -0.140. The zero-order chi connectivity index (χ0) is 22.4. The Balaban J connectivity index is 1.62. The number of ketones is 1. The third-order valence-electron chi connectivity index (χ3n) is 5.94. The Morgan fingerprint density at radius 3 is 2.59 bits per heavy atom. The van der Waals surface area contributed by atoms with Crippen molar-refractivity contribution in [3.05, 3.63) is 94.4 Å². The maximum Gasteiger partial charge on any atom is 0.296 e. The molecule has 0 aliphatic carbocycles. The van der Waals surface area contributed by atoms with Gasteiger partial charge in [-0.3, -0.25) is 9.59 Å². The summed E-state index contributed by atoms with van der Waals surface area (Å²) in [6.45, 7) is 4.00. The van der Waals surface area contributed by atoms with Crippen molar-refractivity contribution in [3.8, 4) is 5.75 Å². The van der Waals surface area contributed by atoms with E-state index in [1.807, 2.05) is 43.3 Å². The Morgan fingerprint density at radius 1 is 1.09 bits per heavy atom. The van der Waals surface area contributed by atoms with E-state index in [2.05, 4.69) is 0 Å². The average Bonchev–Trinajstić information content (AvgIpc) is 3.44. The molecule has 0 spiro atoms. The minimum atomic E-state index is -0.813. The van der Waals surface area contributed by atoms with E-state index in [1.165, 1.54) is 4.90 Å². The average molecular weight is 429 g/mol. The molecule has 6 heteroatoms. The molecule has 2 unspecified atom stereocenters. The van der Waals surface area contributed by atoms with Crippen LogP contribution in [0.15, 0.2) is 70.7 Å². The molecule has 0 saturated carbocycles.